The van der Waals surface area contributed by atoms with E-state index in [0.717, 1.165) is 23.1 Å². The molecule has 122 valence electrons. The molecule has 4 heterocycles. The minimum Gasteiger partial charge on any atom is -0.378 e. The topological polar surface area (TPSA) is 103 Å². The molecule has 0 aliphatic carbocycles. The van der Waals surface area contributed by atoms with Gasteiger partial charge in [0.1, 0.15) is 0 Å². The van der Waals surface area contributed by atoms with Crippen molar-refractivity contribution in [1.82, 2.24) is 24.9 Å². The number of nitrogens with two attached hydrogens (primary N) is 1. The third-order valence-electron chi connectivity index (χ3n) is 3.72. The second kappa shape index (κ2) is 6.25. The normalized spacial score (nSPS) is 15.0. The highest BCUT2D eigenvalue weighted by Gasteiger charge is 2.19. The quantitative estimate of drug-likeness (QED) is 0.707. The van der Waals surface area contributed by atoms with E-state index in [1.807, 2.05) is 6.07 Å². The Bertz CT molecular complexity index is 898. The molecule has 2 N–H and O–H groups in total. The Kier molecular flexibility index (Phi) is 3.95. The van der Waals surface area contributed by atoms with Crippen molar-refractivity contribution in [2.24, 2.45) is 0 Å². The standard InChI is InChI=1S/C15H14BrN7O/c16-10-5-9(6-18-7-10)11-8-19-13-12(20-11)14(22-15(17)21-13)23-1-3-24-4-2-23/h5-8H,1-4H2,(H2,17,19,21,22). The molecule has 0 aromatic carbocycles. The molecule has 1 aliphatic rings. The molecule has 3 aromatic rings. The number of fused-ring (bicyclic) bond motifs is 1. The summed E-state index contributed by atoms with van der Waals surface area (Å²) in [5.74, 6) is 0.883. The number of hydrogen-bond acceptors (Lipinski definition) is 8. The number of halogens is 1. The Morgan fingerprint density at radius 1 is 1.08 bits per heavy atom. The van der Waals surface area contributed by atoms with Crippen LogP contribution in [0.1, 0.15) is 0 Å². The van der Waals surface area contributed by atoms with Crippen LogP contribution in [0.3, 0.4) is 0 Å². The maximum absolute atomic E-state index is 5.84. The lowest BCUT2D eigenvalue weighted by Crippen LogP contribution is -2.37. The molecule has 9 heteroatoms. The first-order chi connectivity index (χ1) is 11.7. The van der Waals surface area contributed by atoms with E-state index < -0.39 is 0 Å². The van der Waals surface area contributed by atoms with E-state index in [1.54, 1.807) is 18.6 Å². The van der Waals surface area contributed by atoms with Gasteiger partial charge in [-0.15, -0.1) is 0 Å². The van der Waals surface area contributed by atoms with Gasteiger partial charge < -0.3 is 15.4 Å². The van der Waals surface area contributed by atoms with E-state index in [0.29, 0.717) is 35.9 Å². The molecule has 24 heavy (non-hydrogen) atoms. The summed E-state index contributed by atoms with van der Waals surface area (Å²) in [7, 11) is 0. The SMILES string of the molecule is Nc1nc(N2CCOCC2)c2nc(-c3cncc(Br)c3)cnc2n1. The highest BCUT2D eigenvalue weighted by molar-refractivity contribution is 9.10. The minimum atomic E-state index is 0.190. The van der Waals surface area contributed by atoms with E-state index in [2.05, 4.69) is 40.8 Å². The van der Waals surface area contributed by atoms with Crippen molar-refractivity contribution in [3.8, 4) is 11.3 Å². The molecule has 0 unspecified atom stereocenters. The van der Waals surface area contributed by atoms with Gasteiger partial charge in [0.25, 0.3) is 0 Å². The number of nitrogens with zero attached hydrogens (tertiary/aromatic N) is 6. The van der Waals surface area contributed by atoms with Crippen LogP contribution in [-0.2, 0) is 4.74 Å². The summed E-state index contributed by atoms with van der Waals surface area (Å²) in [4.78, 5) is 24.0. The molecular formula is C15H14BrN7O. The molecular weight excluding hydrogens is 374 g/mol. The van der Waals surface area contributed by atoms with Gasteiger partial charge in [-0.05, 0) is 22.0 Å². The smallest absolute Gasteiger partial charge is 0.224 e. The molecule has 0 amide bonds. The fourth-order valence-electron chi connectivity index (χ4n) is 2.60. The highest BCUT2D eigenvalue weighted by atomic mass is 79.9. The third-order valence-corrected chi connectivity index (χ3v) is 4.15. The molecule has 8 nitrogen and oxygen atoms in total. The minimum absolute atomic E-state index is 0.190. The second-order valence-electron chi connectivity index (χ2n) is 5.32. The highest BCUT2D eigenvalue weighted by Crippen LogP contribution is 2.26. The number of anilines is 2. The molecule has 0 bridgehead atoms. The number of aromatic nitrogens is 5. The molecule has 0 saturated carbocycles. The molecule has 1 aliphatic heterocycles. The average Bonchev–Trinajstić information content (AvgIpc) is 2.61. The largest absolute Gasteiger partial charge is 0.378 e. The van der Waals surface area contributed by atoms with Gasteiger partial charge in [0.2, 0.25) is 5.95 Å². The monoisotopic (exact) mass is 387 g/mol. The van der Waals surface area contributed by atoms with Crippen LogP contribution in [0.5, 0.6) is 0 Å². The Balaban J connectivity index is 1.86. The van der Waals surface area contributed by atoms with Gasteiger partial charge in [-0.1, -0.05) is 0 Å². The number of hydrogen-bond donors (Lipinski definition) is 1. The molecule has 1 saturated heterocycles. The maximum atomic E-state index is 5.84. The fourth-order valence-corrected chi connectivity index (χ4v) is 2.96. The van der Waals surface area contributed by atoms with Crippen molar-refractivity contribution >= 4 is 38.9 Å². The van der Waals surface area contributed by atoms with Gasteiger partial charge in [-0.3, -0.25) is 4.98 Å². The average molecular weight is 388 g/mol. The Morgan fingerprint density at radius 3 is 2.71 bits per heavy atom. The summed E-state index contributed by atoms with van der Waals surface area (Å²) < 4.78 is 6.28. The lowest BCUT2D eigenvalue weighted by Gasteiger charge is -2.28. The van der Waals surface area contributed by atoms with Crippen molar-refractivity contribution in [3.05, 3.63) is 29.1 Å². The van der Waals surface area contributed by atoms with Crippen molar-refractivity contribution in [3.63, 3.8) is 0 Å². The summed E-state index contributed by atoms with van der Waals surface area (Å²) in [6.07, 6.45) is 5.13. The molecule has 0 atom stereocenters. The molecule has 0 radical (unpaired) electrons. The van der Waals surface area contributed by atoms with E-state index in [9.17, 15) is 0 Å². The Hall–Kier alpha value is -2.39. The predicted molar refractivity (Wildman–Crippen MR) is 93.5 cm³/mol. The van der Waals surface area contributed by atoms with Crippen molar-refractivity contribution < 1.29 is 4.74 Å². The fraction of sp³-hybridized carbons (Fsp3) is 0.267. The summed E-state index contributed by atoms with van der Waals surface area (Å²) in [5.41, 5.74) is 8.52. The summed E-state index contributed by atoms with van der Waals surface area (Å²) in [6.45, 7) is 2.76. The summed E-state index contributed by atoms with van der Waals surface area (Å²) >= 11 is 3.42. The van der Waals surface area contributed by atoms with Crippen LogP contribution < -0.4 is 10.6 Å². The second-order valence-corrected chi connectivity index (χ2v) is 6.24. The van der Waals surface area contributed by atoms with Gasteiger partial charge in [-0.25, -0.2) is 9.97 Å². The van der Waals surface area contributed by atoms with Gasteiger partial charge >= 0.3 is 0 Å². The van der Waals surface area contributed by atoms with Gasteiger partial charge in [0.05, 0.1) is 25.1 Å². The lowest BCUT2D eigenvalue weighted by atomic mass is 10.2. The molecule has 4 rings (SSSR count). The zero-order chi connectivity index (χ0) is 16.5. The summed E-state index contributed by atoms with van der Waals surface area (Å²) in [6, 6.07) is 1.94. The van der Waals surface area contributed by atoms with Gasteiger partial charge in [0, 0.05) is 35.5 Å². The molecule has 1 fully saturated rings. The Labute approximate surface area is 146 Å². The van der Waals surface area contributed by atoms with Gasteiger partial charge in [-0.2, -0.15) is 9.97 Å². The van der Waals surface area contributed by atoms with Crippen LogP contribution in [0.15, 0.2) is 29.1 Å². The first-order valence-corrected chi connectivity index (χ1v) is 8.24. The first kappa shape index (κ1) is 15.2. The van der Waals surface area contributed by atoms with Gasteiger partial charge in [0.15, 0.2) is 17.0 Å². The van der Waals surface area contributed by atoms with Crippen LogP contribution in [-0.4, -0.2) is 51.2 Å². The zero-order valence-corrected chi connectivity index (χ0v) is 14.3. The number of pyridine rings is 1. The number of nitrogen functional groups attached to an aromatic ring is 1. The lowest BCUT2D eigenvalue weighted by molar-refractivity contribution is 0.122. The molecule has 3 aromatic heterocycles. The zero-order valence-electron chi connectivity index (χ0n) is 12.7. The number of rotatable bonds is 2. The first-order valence-electron chi connectivity index (χ1n) is 7.44. The van der Waals surface area contributed by atoms with E-state index in [-0.39, 0.29) is 5.95 Å². The van der Waals surface area contributed by atoms with Crippen LogP contribution in [0.2, 0.25) is 0 Å². The third kappa shape index (κ3) is 2.87. The van der Waals surface area contributed by atoms with Crippen LogP contribution in [0.4, 0.5) is 11.8 Å². The van der Waals surface area contributed by atoms with Crippen molar-refractivity contribution in [1.29, 1.82) is 0 Å². The number of morpholine rings is 1. The van der Waals surface area contributed by atoms with Crippen LogP contribution >= 0.6 is 15.9 Å². The van der Waals surface area contributed by atoms with E-state index in [1.165, 1.54) is 0 Å². The van der Waals surface area contributed by atoms with E-state index in [4.69, 9.17) is 15.5 Å². The molecule has 0 spiro atoms. The number of ether oxygens (including phenoxy) is 1. The van der Waals surface area contributed by atoms with Crippen molar-refractivity contribution in [2.75, 3.05) is 36.9 Å². The van der Waals surface area contributed by atoms with Crippen LogP contribution in [0, 0.1) is 0 Å². The predicted octanol–water partition coefficient (Wildman–Crippen LogP) is 1.66. The summed E-state index contributed by atoms with van der Waals surface area (Å²) in [5, 5.41) is 0. The van der Waals surface area contributed by atoms with Crippen molar-refractivity contribution in [2.45, 2.75) is 0 Å². The van der Waals surface area contributed by atoms with Crippen LogP contribution in [0.25, 0.3) is 22.4 Å². The Morgan fingerprint density at radius 2 is 1.92 bits per heavy atom. The maximum Gasteiger partial charge on any atom is 0.224 e. The van der Waals surface area contributed by atoms with E-state index >= 15 is 0 Å².